The Bertz CT molecular complexity index is 699. The monoisotopic (exact) mass is 263 g/mol. The molecule has 19 heavy (non-hydrogen) atoms. The summed E-state index contributed by atoms with van der Waals surface area (Å²) < 4.78 is 13.6. The fourth-order valence-corrected chi connectivity index (χ4v) is 1.21. The highest BCUT2D eigenvalue weighted by molar-refractivity contribution is 5.39. The van der Waals surface area contributed by atoms with Gasteiger partial charge in [-0.15, -0.1) is 0 Å². The van der Waals surface area contributed by atoms with Gasteiger partial charge in [0.25, 0.3) is 0 Å². The number of aromatic nitrogens is 1. The third-order valence-corrected chi connectivity index (χ3v) is 2.03. The second kappa shape index (κ2) is 5.64. The van der Waals surface area contributed by atoms with Crippen molar-refractivity contribution in [2.24, 2.45) is 0 Å². The first-order valence-corrected chi connectivity index (χ1v) is 5.19. The fourth-order valence-electron chi connectivity index (χ4n) is 1.21. The van der Waals surface area contributed by atoms with Crippen molar-refractivity contribution < 1.29 is 18.6 Å². The lowest BCUT2D eigenvalue weighted by atomic mass is 10.2. The first kappa shape index (κ1) is 12.6. The van der Waals surface area contributed by atoms with E-state index < -0.39 is 11.3 Å². The van der Waals surface area contributed by atoms with Gasteiger partial charge in [0.15, 0.2) is 6.61 Å². The van der Waals surface area contributed by atoms with Crippen molar-refractivity contribution >= 4 is 0 Å². The van der Waals surface area contributed by atoms with Crippen LogP contribution in [-0.2, 0) is 0 Å². The van der Waals surface area contributed by atoms with E-state index in [-0.39, 0.29) is 6.61 Å². The molecule has 0 aliphatic heterocycles. The fraction of sp³-hybridized carbons (Fsp3) is 0.167. The van der Waals surface area contributed by atoms with Crippen molar-refractivity contribution in [2.45, 2.75) is 0 Å². The molecule has 1 heterocycles. The summed E-state index contributed by atoms with van der Waals surface area (Å²) in [5.74, 6) is 6.15. The van der Waals surface area contributed by atoms with Crippen LogP contribution in [0.5, 0.6) is 5.75 Å². The molecule has 0 saturated heterocycles. The average molecular weight is 263 g/mol. The second-order valence-corrected chi connectivity index (χ2v) is 3.29. The van der Waals surface area contributed by atoms with E-state index in [2.05, 4.69) is 20.9 Å². The van der Waals surface area contributed by atoms with Crippen LogP contribution in [0, 0.1) is 11.8 Å². The molecule has 0 spiro atoms. The Kier molecular flexibility index (Phi) is 3.73. The standard InChI is InChI=1S/C12H9NO6/c1-16-10-6-2-4-9(8-10)5-3-7-17-13-18-11(14)12(15)19-13/h2,4,6,8H,7H2,1H3. The van der Waals surface area contributed by atoms with Gasteiger partial charge in [-0.3, -0.25) is 9.05 Å². The molecule has 0 fully saturated rings. The van der Waals surface area contributed by atoms with Crippen LogP contribution >= 0.6 is 0 Å². The van der Waals surface area contributed by atoms with Crippen LogP contribution in [0.2, 0.25) is 0 Å². The summed E-state index contributed by atoms with van der Waals surface area (Å²) in [4.78, 5) is 26.0. The number of nitrogens with zero attached hydrogens (tertiary/aromatic N) is 1. The Morgan fingerprint density at radius 1 is 1.26 bits per heavy atom. The average Bonchev–Trinajstić information content (AvgIpc) is 2.74. The highest BCUT2D eigenvalue weighted by Crippen LogP contribution is 2.10. The Balaban J connectivity index is 1.97. The van der Waals surface area contributed by atoms with E-state index in [9.17, 15) is 9.59 Å². The zero-order valence-electron chi connectivity index (χ0n) is 9.91. The number of benzene rings is 1. The van der Waals surface area contributed by atoms with E-state index in [0.717, 1.165) is 5.56 Å². The van der Waals surface area contributed by atoms with Crippen molar-refractivity contribution in [1.29, 1.82) is 0 Å². The summed E-state index contributed by atoms with van der Waals surface area (Å²) in [5, 5.41) is 0.324. The topological polar surface area (TPSA) is 83.8 Å². The van der Waals surface area contributed by atoms with Gasteiger partial charge in [-0.2, -0.15) is 0 Å². The maximum Gasteiger partial charge on any atom is 0.449 e. The first-order valence-electron chi connectivity index (χ1n) is 5.19. The van der Waals surface area contributed by atoms with Crippen molar-refractivity contribution in [3.8, 4) is 17.6 Å². The van der Waals surface area contributed by atoms with Crippen molar-refractivity contribution in [2.75, 3.05) is 13.7 Å². The van der Waals surface area contributed by atoms with Gasteiger partial charge in [0.2, 0.25) is 0 Å². The van der Waals surface area contributed by atoms with Crippen LogP contribution in [0.1, 0.15) is 5.56 Å². The van der Waals surface area contributed by atoms with Gasteiger partial charge in [0.05, 0.1) is 7.11 Å². The van der Waals surface area contributed by atoms with Crippen LogP contribution in [0.15, 0.2) is 42.9 Å². The van der Waals surface area contributed by atoms with Crippen molar-refractivity contribution in [3.63, 3.8) is 0 Å². The number of hydrogen-bond acceptors (Lipinski definition) is 6. The summed E-state index contributed by atoms with van der Waals surface area (Å²) in [5.41, 5.74) is -1.54. The molecule has 0 unspecified atom stereocenters. The molecule has 0 atom stereocenters. The Morgan fingerprint density at radius 3 is 2.68 bits per heavy atom. The summed E-state index contributed by atoms with van der Waals surface area (Å²) in [7, 11) is 1.56. The zero-order valence-corrected chi connectivity index (χ0v) is 9.91. The molecule has 98 valence electrons. The molecule has 0 aliphatic rings. The van der Waals surface area contributed by atoms with Gasteiger partial charge in [-0.05, 0) is 18.2 Å². The van der Waals surface area contributed by atoms with E-state index in [1.54, 1.807) is 31.4 Å². The van der Waals surface area contributed by atoms with Gasteiger partial charge in [-0.1, -0.05) is 17.9 Å². The van der Waals surface area contributed by atoms with Crippen molar-refractivity contribution in [3.05, 3.63) is 50.7 Å². The van der Waals surface area contributed by atoms with Crippen LogP contribution < -0.4 is 20.8 Å². The largest absolute Gasteiger partial charge is 0.497 e. The number of hydrogen-bond donors (Lipinski definition) is 0. The number of ether oxygens (including phenoxy) is 1. The Hall–Kier alpha value is -2.88. The number of methoxy groups -OCH3 is 1. The van der Waals surface area contributed by atoms with E-state index in [1.807, 2.05) is 0 Å². The predicted molar refractivity (Wildman–Crippen MR) is 62.8 cm³/mol. The molecule has 2 rings (SSSR count). The maximum absolute atomic E-state index is 10.6. The molecule has 2 aromatic rings. The molecule has 0 N–H and O–H groups in total. The molecule has 1 aromatic carbocycles. The van der Waals surface area contributed by atoms with Crippen molar-refractivity contribution in [1.82, 2.24) is 5.08 Å². The SMILES string of the molecule is COc1cccc(C#CCOn2oc(=O)c(=O)o2)c1. The molecular weight excluding hydrogens is 254 g/mol. The van der Waals surface area contributed by atoms with Gasteiger partial charge in [0, 0.05) is 5.56 Å². The van der Waals surface area contributed by atoms with Crippen LogP contribution in [0.3, 0.4) is 0 Å². The third-order valence-electron chi connectivity index (χ3n) is 2.03. The third kappa shape index (κ3) is 3.29. The predicted octanol–water partition coefficient (Wildman–Crippen LogP) is -0.117. The quantitative estimate of drug-likeness (QED) is 0.567. The summed E-state index contributed by atoms with van der Waals surface area (Å²) in [6.45, 7) is -0.113. The van der Waals surface area contributed by atoms with Gasteiger partial charge >= 0.3 is 11.3 Å². The highest BCUT2D eigenvalue weighted by atomic mass is 17.0. The first-order chi connectivity index (χ1) is 9.19. The normalized spacial score (nSPS) is 9.53. The molecule has 1 aromatic heterocycles. The summed E-state index contributed by atoms with van der Waals surface area (Å²) >= 11 is 0. The summed E-state index contributed by atoms with van der Waals surface area (Å²) in [6, 6.07) is 7.15. The lowest BCUT2D eigenvalue weighted by molar-refractivity contribution is -0.135. The van der Waals surface area contributed by atoms with E-state index >= 15 is 0 Å². The Labute approximate surface area is 106 Å². The minimum absolute atomic E-state index is 0.113. The van der Waals surface area contributed by atoms with Crippen LogP contribution in [0.4, 0.5) is 0 Å². The molecule has 0 aliphatic carbocycles. The lowest BCUT2D eigenvalue weighted by Gasteiger charge is -1.98. The second-order valence-electron chi connectivity index (χ2n) is 3.29. The smallest absolute Gasteiger partial charge is 0.449 e. The lowest BCUT2D eigenvalue weighted by Crippen LogP contribution is -2.14. The molecule has 0 amide bonds. The minimum atomic E-state index is -1.14. The Morgan fingerprint density at radius 2 is 2.00 bits per heavy atom. The molecule has 7 heteroatoms. The molecule has 0 radical (unpaired) electrons. The molecule has 7 nitrogen and oxygen atoms in total. The minimum Gasteiger partial charge on any atom is -0.497 e. The molecule has 0 saturated carbocycles. The van der Waals surface area contributed by atoms with E-state index in [0.29, 0.717) is 10.8 Å². The highest BCUT2D eigenvalue weighted by Gasteiger charge is 2.03. The van der Waals surface area contributed by atoms with Gasteiger partial charge in [0.1, 0.15) is 10.8 Å². The summed E-state index contributed by atoms with van der Waals surface area (Å²) in [6.07, 6.45) is 0. The molecular formula is C12H9NO6. The van der Waals surface area contributed by atoms with E-state index in [4.69, 9.17) is 9.57 Å². The molecule has 0 bridgehead atoms. The maximum atomic E-state index is 10.6. The van der Waals surface area contributed by atoms with E-state index in [1.165, 1.54) is 0 Å². The van der Waals surface area contributed by atoms with Crippen LogP contribution in [0.25, 0.3) is 0 Å². The van der Waals surface area contributed by atoms with Gasteiger partial charge < -0.3 is 9.57 Å². The number of rotatable bonds is 3. The zero-order chi connectivity index (χ0) is 13.7. The van der Waals surface area contributed by atoms with Gasteiger partial charge in [-0.25, -0.2) is 9.59 Å². The van der Waals surface area contributed by atoms with Crippen LogP contribution in [-0.4, -0.2) is 18.8 Å².